The minimum Gasteiger partial charge on any atom is -0.325 e. The van der Waals surface area contributed by atoms with Crippen LogP contribution in [-0.4, -0.2) is 28.7 Å². The molecule has 7 heteroatoms. The molecule has 1 saturated heterocycles. The summed E-state index contributed by atoms with van der Waals surface area (Å²) in [5.41, 5.74) is 0.550. The molecule has 6 aliphatic rings. The van der Waals surface area contributed by atoms with Gasteiger partial charge >= 0.3 is 0 Å². The Morgan fingerprint density at radius 1 is 0.935 bits per heavy atom. The van der Waals surface area contributed by atoms with Gasteiger partial charge in [-0.3, -0.25) is 19.3 Å². The van der Waals surface area contributed by atoms with Gasteiger partial charge in [0.2, 0.25) is 17.7 Å². The molecule has 0 unspecified atom stereocenters. The van der Waals surface area contributed by atoms with Crippen molar-refractivity contribution < 1.29 is 14.4 Å². The summed E-state index contributed by atoms with van der Waals surface area (Å²) in [6.07, 6.45) is 8.26. The van der Waals surface area contributed by atoms with Gasteiger partial charge in [0.05, 0.1) is 22.5 Å². The molecule has 1 aliphatic heterocycles. The van der Waals surface area contributed by atoms with E-state index in [0.717, 1.165) is 0 Å². The number of anilines is 1. The fourth-order valence-electron chi connectivity index (χ4n) is 6.76. The summed E-state index contributed by atoms with van der Waals surface area (Å²) in [5, 5.41) is 3.82. The second kappa shape index (κ2) is 7.08. The summed E-state index contributed by atoms with van der Waals surface area (Å²) in [5.74, 6) is 1.33. The molecule has 31 heavy (non-hydrogen) atoms. The number of halogens is 2. The third kappa shape index (κ3) is 3.00. The van der Waals surface area contributed by atoms with Crippen LogP contribution in [0, 0.1) is 41.4 Å². The van der Waals surface area contributed by atoms with E-state index in [-0.39, 0.29) is 53.4 Å². The highest BCUT2D eigenvalue weighted by Gasteiger charge is 2.67. The zero-order valence-electron chi connectivity index (χ0n) is 17.0. The van der Waals surface area contributed by atoms with Crippen LogP contribution in [0.2, 0.25) is 10.0 Å². The number of nitrogens with one attached hydrogen (secondary N) is 1. The van der Waals surface area contributed by atoms with E-state index in [1.807, 2.05) is 0 Å². The van der Waals surface area contributed by atoms with Crippen molar-refractivity contribution in [1.82, 2.24) is 4.90 Å². The molecular weight excluding hydrogens is 435 g/mol. The number of likely N-dealkylation sites (tertiary alicyclic amines) is 1. The molecule has 162 valence electrons. The van der Waals surface area contributed by atoms with Crippen molar-refractivity contribution in [3.8, 4) is 0 Å². The molecule has 1 heterocycles. The molecular formula is C24H24Cl2N2O3. The van der Waals surface area contributed by atoms with Crippen LogP contribution in [0.1, 0.15) is 32.1 Å². The maximum atomic E-state index is 13.3. The lowest BCUT2D eigenvalue weighted by atomic mass is 9.63. The molecule has 2 bridgehead atoms. The molecule has 0 aromatic heterocycles. The average molecular weight is 459 g/mol. The first-order chi connectivity index (χ1) is 14.9. The Morgan fingerprint density at radius 3 is 2.13 bits per heavy atom. The molecule has 1 N–H and O–H groups in total. The number of carbonyl (C=O) groups excluding carboxylic acids is 3. The highest BCUT2D eigenvalue weighted by atomic mass is 35.5. The Labute approximate surface area is 191 Å². The summed E-state index contributed by atoms with van der Waals surface area (Å²) in [6.45, 7) is 0. The van der Waals surface area contributed by atoms with Crippen LogP contribution in [0.5, 0.6) is 0 Å². The third-order valence-electron chi connectivity index (χ3n) is 8.32. The number of amides is 3. The van der Waals surface area contributed by atoms with Crippen molar-refractivity contribution in [1.29, 1.82) is 0 Å². The number of rotatable bonds is 3. The van der Waals surface area contributed by atoms with Crippen molar-refractivity contribution in [3.05, 3.63) is 40.4 Å². The number of carbonyl (C=O) groups is 3. The van der Waals surface area contributed by atoms with Crippen molar-refractivity contribution in [2.45, 2.75) is 38.1 Å². The van der Waals surface area contributed by atoms with Crippen LogP contribution in [0.4, 0.5) is 5.69 Å². The summed E-state index contributed by atoms with van der Waals surface area (Å²) in [4.78, 5) is 40.9. The van der Waals surface area contributed by atoms with Gasteiger partial charge in [-0.05, 0) is 74.0 Å². The standard InChI is InChI=1S/C24H24Cl2N2O3/c25-12-3-8-19(18(26)9-12)27-22(29)11-1-4-13(5-2-11)28-23(30)20-14-6-7-15(17-10-16(14)17)21(20)24(28)31/h3,6-9,11,13-17,20-21H,1-2,4-5,10H2,(H,27,29)/t11?,13?,14-,15-,16-,17-,20-,21+/m0/s1. The van der Waals surface area contributed by atoms with E-state index in [2.05, 4.69) is 17.5 Å². The zero-order valence-corrected chi connectivity index (χ0v) is 18.5. The van der Waals surface area contributed by atoms with Crippen molar-refractivity contribution in [3.63, 3.8) is 0 Å². The Bertz CT molecular complexity index is 980. The van der Waals surface area contributed by atoms with E-state index in [9.17, 15) is 14.4 Å². The molecule has 3 saturated carbocycles. The smallest absolute Gasteiger partial charge is 0.233 e. The Hall–Kier alpha value is -1.85. The summed E-state index contributed by atoms with van der Waals surface area (Å²) < 4.78 is 0. The van der Waals surface area contributed by atoms with Crippen molar-refractivity contribution in [2.75, 3.05) is 5.32 Å². The lowest BCUT2D eigenvalue weighted by molar-refractivity contribution is -0.144. The van der Waals surface area contributed by atoms with E-state index in [4.69, 9.17) is 23.2 Å². The molecule has 7 rings (SSSR count). The maximum Gasteiger partial charge on any atom is 0.233 e. The van der Waals surface area contributed by atoms with E-state index < -0.39 is 0 Å². The predicted molar refractivity (Wildman–Crippen MR) is 117 cm³/mol. The van der Waals surface area contributed by atoms with Gasteiger partial charge < -0.3 is 5.32 Å². The lowest BCUT2D eigenvalue weighted by Gasteiger charge is -2.37. The van der Waals surface area contributed by atoms with Gasteiger partial charge in [-0.15, -0.1) is 0 Å². The topological polar surface area (TPSA) is 66.5 Å². The van der Waals surface area contributed by atoms with Crippen LogP contribution < -0.4 is 5.32 Å². The van der Waals surface area contributed by atoms with Gasteiger partial charge in [-0.1, -0.05) is 35.4 Å². The van der Waals surface area contributed by atoms with Gasteiger partial charge in [-0.2, -0.15) is 0 Å². The third-order valence-corrected chi connectivity index (χ3v) is 8.87. The first-order valence-corrected chi connectivity index (χ1v) is 12.0. The number of allylic oxidation sites excluding steroid dienone is 2. The van der Waals surface area contributed by atoms with Gasteiger partial charge in [0.15, 0.2) is 0 Å². The van der Waals surface area contributed by atoms with E-state index in [1.165, 1.54) is 6.42 Å². The molecule has 6 atom stereocenters. The number of hydrogen-bond acceptors (Lipinski definition) is 3. The van der Waals surface area contributed by atoms with E-state index in [0.29, 0.717) is 53.3 Å². The van der Waals surface area contributed by atoms with Gasteiger partial charge in [0.25, 0.3) is 0 Å². The SMILES string of the molecule is O=C(Nc1ccc(Cl)cc1Cl)C1CCC(N2C(=O)[C@@H]3[C@H]4C=C[C@@H]([C@@H]5C[C@@H]45)[C@@H]3C2=O)CC1. The minimum absolute atomic E-state index is 0.0422. The monoisotopic (exact) mass is 458 g/mol. The Morgan fingerprint density at radius 2 is 1.55 bits per heavy atom. The molecule has 0 spiro atoms. The molecule has 0 radical (unpaired) electrons. The van der Waals surface area contributed by atoms with Crippen LogP contribution in [0.25, 0.3) is 0 Å². The average Bonchev–Trinajstić information content (AvgIpc) is 3.54. The second-order valence-corrected chi connectivity index (χ2v) is 10.7. The molecule has 5 aliphatic carbocycles. The second-order valence-electron chi connectivity index (χ2n) is 9.82. The quantitative estimate of drug-likeness (QED) is 0.533. The Kier molecular flexibility index (Phi) is 4.52. The number of hydrogen-bond donors (Lipinski definition) is 1. The van der Waals surface area contributed by atoms with Crippen LogP contribution in [-0.2, 0) is 14.4 Å². The largest absolute Gasteiger partial charge is 0.325 e. The van der Waals surface area contributed by atoms with Gasteiger partial charge in [-0.25, -0.2) is 0 Å². The summed E-state index contributed by atoms with van der Waals surface area (Å²) in [7, 11) is 0. The maximum absolute atomic E-state index is 13.3. The molecule has 1 aromatic carbocycles. The highest BCUT2D eigenvalue weighted by molar-refractivity contribution is 6.36. The predicted octanol–water partition coefficient (Wildman–Crippen LogP) is 4.54. The van der Waals surface area contributed by atoms with Crippen LogP contribution in [0.3, 0.4) is 0 Å². The highest BCUT2D eigenvalue weighted by Crippen LogP contribution is 2.65. The van der Waals surface area contributed by atoms with Gasteiger partial charge in [0.1, 0.15) is 0 Å². The van der Waals surface area contributed by atoms with Crippen LogP contribution in [0.15, 0.2) is 30.4 Å². The minimum atomic E-state index is -0.149. The zero-order chi connectivity index (χ0) is 21.4. The van der Waals surface area contributed by atoms with E-state index in [1.54, 1.807) is 23.1 Å². The molecule has 3 amide bonds. The fraction of sp³-hybridized carbons (Fsp3) is 0.542. The first-order valence-electron chi connectivity index (χ1n) is 11.2. The van der Waals surface area contributed by atoms with E-state index >= 15 is 0 Å². The number of benzene rings is 1. The number of imide groups is 1. The molecule has 5 nitrogen and oxygen atoms in total. The fourth-order valence-corrected chi connectivity index (χ4v) is 7.22. The van der Waals surface area contributed by atoms with Crippen LogP contribution >= 0.6 is 23.2 Å². The molecule has 1 aromatic rings. The number of nitrogens with zero attached hydrogens (tertiary/aromatic N) is 1. The molecule has 4 fully saturated rings. The lowest BCUT2D eigenvalue weighted by Crippen LogP contribution is -2.44. The van der Waals surface area contributed by atoms with Gasteiger partial charge in [0, 0.05) is 17.0 Å². The normalized spacial score (nSPS) is 40.0. The first kappa shape index (κ1) is 19.8. The van der Waals surface area contributed by atoms with Crippen molar-refractivity contribution in [2.24, 2.45) is 41.4 Å². The van der Waals surface area contributed by atoms with Crippen molar-refractivity contribution >= 4 is 46.6 Å². The summed E-state index contributed by atoms with van der Waals surface area (Å²) in [6, 6.07) is 4.91. The Balaban J connectivity index is 1.11. The summed E-state index contributed by atoms with van der Waals surface area (Å²) >= 11 is 12.1.